The van der Waals surface area contributed by atoms with E-state index in [1.54, 1.807) is 20.1 Å². The molecule has 0 saturated heterocycles. The van der Waals surface area contributed by atoms with Crippen LogP contribution in [0.2, 0.25) is 0 Å². The van der Waals surface area contributed by atoms with E-state index in [1.807, 2.05) is 13.8 Å². The zero-order valence-electron chi connectivity index (χ0n) is 10.5. The molecule has 0 aromatic carbocycles. The summed E-state index contributed by atoms with van der Waals surface area (Å²) >= 11 is 0. The molecule has 0 rings (SSSR count). The van der Waals surface area contributed by atoms with E-state index >= 15 is 0 Å². The Labute approximate surface area is 96.4 Å². The second kappa shape index (κ2) is 6.25. The lowest BCUT2D eigenvalue weighted by molar-refractivity contribution is -0.141. The maximum atomic E-state index is 11.1. The summed E-state index contributed by atoms with van der Waals surface area (Å²) in [7, 11) is 1.33. The van der Waals surface area contributed by atoms with Crippen LogP contribution in [0.15, 0.2) is 4.99 Å². The average molecular weight is 228 g/mol. The van der Waals surface area contributed by atoms with Crippen molar-refractivity contribution in [2.24, 2.45) is 10.4 Å². The van der Waals surface area contributed by atoms with E-state index < -0.39 is 6.04 Å². The van der Waals surface area contributed by atoms with Gasteiger partial charge in [0.05, 0.1) is 13.7 Å². The van der Waals surface area contributed by atoms with Crippen LogP contribution in [0.4, 0.5) is 0 Å². The van der Waals surface area contributed by atoms with Gasteiger partial charge in [-0.2, -0.15) is 0 Å². The molecule has 0 fully saturated rings. The van der Waals surface area contributed by atoms with Gasteiger partial charge in [0.25, 0.3) is 0 Å². The number of hydrogen-bond donors (Lipinski definition) is 1. The van der Waals surface area contributed by atoms with Crippen LogP contribution in [0.25, 0.3) is 0 Å². The number of carbonyl (C=O) groups excluding carboxylic acids is 1. The minimum atomic E-state index is -0.509. The molecule has 1 N–H and O–H groups in total. The van der Waals surface area contributed by atoms with Gasteiger partial charge in [0.1, 0.15) is 6.04 Å². The van der Waals surface area contributed by atoms with E-state index in [2.05, 4.69) is 9.73 Å². The van der Waals surface area contributed by atoms with Crippen molar-refractivity contribution >= 4 is 18.1 Å². The number of hydrogen-bond acceptors (Lipinski definition) is 5. The summed E-state index contributed by atoms with van der Waals surface area (Å²) in [4.78, 5) is 15.2. The molecule has 0 radical (unpaired) electrons. The van der Waals surface area contributed by atoms with Crippen LogP contribution in [0.5, 0.6) is 0 Å². The fourth-order valence-corrected chi connectivity index (χ4v) is 0.877. The first-order valence-corrected chi connectivity index (χ1v) is 5.08. The van der Waals surface area contributed by atoms with Gasteiger partial charge in [-0.05, 0) is 6.92 Å². The molecule has 0 aromatic rings. The summed E-state index contributed by atoms with van der Waals surface area (Å²) in [5.41, 5.74) is -0.315. The third kappa shape index (κ3) is 6.16. The third-order valence-electron chi connectivity index (χ3n) is 1.85. The van der Waals surface area contributed by atoms with E-state index in [4.69, 9.17) is 10.1 Å². The van der Waals surface area contributed by atoms with Gasteiger partial charge in [-0.25, -0.2) is 4.79 Å². The standard InChI is InChI=1S/C11H20N2O3/c1-8(10(14)15-5)13-6-11(3,4)7-16-9(2)12/h6,8,12H,7H2,1-5H3. The summed E-state index contributed by atoms with van der Waals surface area (Å²) in [5.74, 6) is -0.196. The fourth-order valence-electron chi connectivity index (χ4n) is 0.877. The van der Waals surface area contributed by atoms with Crippen LogP contribution in [-0.4, -0.2) is 37.8 Å². The minimum Gasteiger partial charge on any atom is -0.480 e. The fraction of sp³-hybridized carbons (Fsp3) is 0.727. The zero-order chi connectivity index (χ0) is 12.8. The molecule has 0 aromatic heterocycles. The Balaban J connectivity index is 4.28. The smallest absolute Gasteiger partial charge is 0.330 e. The largest absolute Gasteiger partial charge is 0.480 e. The Morgan fingerprint density at radius 2 is 2.12 bits per heavy atom. The molecule has 0 aliphatic rings. The lowest BCUT2D eigenvalue weighted by Gasteiger charge is -2.19. The van der Waals surface area contributed by atoms with Crippen molar-refractivity contribution in [1.82, 2.24) is 0 Å². The van der Waals surface area contributed by atoms with Gasteiger partial charge in [-0.1, -0.05) is 13.8 Å². The lowest BCUT2D eigenvalue weighted by atomic mass is 9.97. The summed E-state index contributed by atoms with van der Waals surface area (Å²) in [6.45, 7) is 7.44. The third-order valence-corrected chi connectivity index (χ3v) is 1.85. The Hall–Kier alpha value is -1.39. The molecule has 1 atom stereocenters. The zero-order valence-corrected chi connectivity index (χ0v) is 10.5. The van der Waals surface area contributed by atoms with Crippen molar-refractivity contribution in [3.05, 3.63) is 0 Å². The Morgan fingerprint density at radius 3 is 2.56 bits per heavy atom. The van der Waals surface area contributed by atoms with Crippen LogP contribution in [0.1, 0.15) is 27.7 Å². The molecule has 0 saturated carbocycles. The lowest BCUT2D eigenvalue weighted by Crippen LogP contribution is -2.24. The molecular weight excluding hydrogens is 208 g/mol. The summed E-state index contributed by atoms with van der Waals surface area (Å²) < 4.78 is 9.66. The van der Waals surface area contributed by atoms with Gasteiger partial charge in [0, 0.05) is 18.6 Å². The van der Waals surface area contributed by atoms with Gasteiger partial charge in [-0.3, -0.25) is 10.4 Å². The molecule has 1 unspecified atom stereocenters. The Morgan fingerprint density at radius 1 is 1.56 bits per heavy atom. The first kappa shape index (κ1) is 14.6. The number of ether oxygens (including phenoxy) is 2. The summed E-state index contributed by atoms with van der Waals surface area (Å²) in [6.07, 6.45) is 1.66. The number of esters is 1. The second-order valence-electron chi connectivity index (χ2n) is 4.31. The van der Waals surface area contributed by atoms with Crippen molar-refractivity contribution in [1.29, 1.82) is 5.41 Å². The number of rotatable bonds is 5. The highest BCUT2D eigenvalue weighted by Gasteiger charge is 2.18. The molecule has 16 heavy (non-hydrogen) atoms. The molecule has 0 amide bonds. The van der Waals surface area contributed by atoms with Crippen molar-refractivity contribution in [3.8, 4) is 0 Å². The molecule has 5 heteroatoms. The molecule has 0 spiro atoms. The highest BCUT2D eigenvalue weighted by atomic mass is 16.5. The number of methoxy groups -OCH3 is 1. The molecule has 0 bridgehead atoms. The van der Waals surface area contributed by atoms with Crippen LogP contribution < -0.4 is 0 Å². The first-order valence-electron chi connectivity index (χ1n) is 5.08. The first-order chi connectivity index (χ1) is 7.28. The van der Waals surface area contributed by atoms with Gasteiger partial charge in [0.15, 0.2) is 5.90 Å². The molecule has 0 aliphatic carbocycles. The van der Waals surface area contributed by atoms with Gasteiger partial charge < -0.3 is 9.47 Å². The van der Waals surface area contributed by atoms with Gasteiger partial charge in [-0.15, -0.1) is 0 Å². The maximum Gasteiger partial charge on any atom is 0.330 e. The van der Waals surface area contributed by atoms with E-state index in [0.717, 1.165) is 0 Å². The Kier molecular flexibility index (Phi) is 5.71. The molecule has 5 nitrogen and oxygen atoms in total. The van der Waals surface area contributed by atoms with Crippen LogP contribution >= 0.6 is 0 Å². The van der Waals surface area contributed by atoms with E-state index in [0.29, 0.717) is 6.61 Å². The van der Waals surface area contributed by atoms with E-state index in [1.165, 1.54) is 7.11 Å². The molecule has 0 aliphatic heterocycles. The predicted molar refractivity (Wildman–Crippen MR) is 63.1 cm³/mol. The predicted octanol–water partition coefficient (Wildman–Crippen LogP) is 1.66. The monoisotopic (exact) mass is 228 g/mol. The number of nitrogens with zero attached hydrogens (tertiary/aromatic N) is 1. The number of carbonyl (C=O) groups is 1. The number of aliphatic imine (C=N–C) groups is 1. The highest BCUT2D eigenvalue weighted by Crippen LogP contribution is 2.13. The quantitative estimate of drug-likeness (QED) is 0.442. The van der Waals surface area contributed by atoms with Crippen molar-refractivity contribution in [3.63, 3.8) is 0 Å². The number of nitrogens with one attached hydrogen (secondary N) is 1. The van der Waals surface area contributed by atoms with E-state index in [-0.39, 0.29) is 17.3 Å². The maximum absolute atomic E-state index is 11.1. The van der Waals surface area contributed by atoms with Crippen molar-refractivity contribution in [2.75, 3.05) is 13.7 Å². The normalized spacial score (nSPS) is 13.6. The molecule has 0 heterocycles. The van der Waals surface area contributed by atoms with Crippen LogP contribution in [-0.2, 0) is 14.3 Å². The van der Waals surface area contributed by atoms with Gasteiger partial charge >= 0.3 is 5.97 Å². The van der Waals surface area contributed by atoms with Crippen molar-refractivity contribution < 1.29 is 14.3 Å². The average Bonchev–Trinajstić information content (AvgIpc) is 2.22. The van der Waals surface area contributed by atoms with Gasteiger partial charge in [0.2, 0.25) is 0 Å². The minimum absolute atomic E-state index is 0.169. The van der Waals surface area contributed by atoms with Crippen LogP contribution in [0.3, 0.4) is 0 Å². The van der Waals surface area contributed by atoms with Crippen molar-refractivity contribution in [2.45, 2.75) is 33.7 Å². The van der Waals surface area contributed by atoms with E-state index in [9.17, 15) is 4.79 Å². The Bertz CT molecular complexity index is 285. The SMILES string of the molecule is COC(=O)C(C)N=CC(C)(C)COC(C)=N. The highest BCUT2D eigenvalue weighted by molar-refractivity contribution is 5.78. The van der Waals surface area contributed by atoms with Crippen LogP contribution in [0, 0.1) is 10.8 Å². The summed E-state index contributed by atoms with van der Waals surface area (Å²) in [5, 5.41) is 7.15. The summed E-state index contributed by atoms with van der Waals surface area (Å²) in [6, 6.07) is -0.509. The second-order valence-corrected chi connectivity index (χ2v) is 4.31. The molecule has 92 valence electrons. The topological polar surface area (TPSA) is 71.7 Å². The molecular formula is C11H20N2O3.